The zero-order valence-electron chi connectivity index (χ0n) is 10.6. The smallest absolute Gasteiger partial charge is 0.143 e. The number of nitrogens with zero attached hydrogens (tertiary/aromatic N) is 2. The fourth-order valence-corrected chi connectivity index (χ4v) is 2.14. The predicted octanol–water partition coefficient (Wildman–Crippen LogP) is 2.92. The second-order valence-electron chi connectivity index (χ2n) is 4.85. The van der Waals surface area contributed by atoms with Gasteiger partial charge in [-0.2, -0.15) is 5.26 Å². The standard InChI is InChI=1S/C14H18N2O/c1-10(2)12-4-5-14-13(8-12)16(7-6-15)9-11(3)17-14/h4-5,8,10-11H,7,9H2,1-3H3. The lowest BCUT2D eigenvalue weighted by Crippen LogP contribution is -2.38. The van der Waals surface area contributed by atoms with Crippen LogP contribution in [0.1, 0.15) is 32.3 Å². The van der Waals surface area contributed by atoms with Gasteiger partial charge >= 0.3 is 0 Å². The molecule has 1 unspecified atom stereocenters. The first kappa shape index (κ1) is 11.8. The molecule has 90 valence electrons. The van der Waals surface area contributed by atoms with Crippen LogP contribution in [-0.4, -0.2) is 19.2 Å². The van der Waals surface area contributed by atoms with E-state index in [-0.39, 0.29) is 6.10 Å². The minimum atomic E-state index is 0.140. The van der Waals surface area contributed by atoms with Crippen LogP contribution in [0.3, 0.4) is 0 Å². The van der Waals surface area contributed by atoms with Crippen molar-refractivity contribution in [3.63, 3.8) is 0 Å². The molecule has 0 bridgehead atoms. The van der Waals surface area contributed by atoms with Gasteiger partial charge in [-0.1, -0.05) is 19.9 Å². The number of hydrogen-bond donors (Lipinski definition) is 0. The van der Waals surface area contributed by atoms with Crippen LogP contribution in [-0.2, 0) is 0 Å². The van der Waals surface area contributed by atoms with E-state index in [9.17, 15) is 0 Å². The molecule has 3 heteroatoms. The molecule has 0 N–H and O–H groups in total. The number of rotatable bonds is 2. The first-order valence-electron chi connectivity index (χ1n) is 6.04. The second kappa shape index (κ2) is 4.67. The van der Waals surface area contributed by atoms with Crippen LogP contribution in [0.25, 0.3) is 0 Å². The third-order valence-corrected chi connectivity index (χ3v) is 3.06. The van der Waals surface area contributed by atoms with Gasteiger partial charge in [0.05, 0.1) is 18.3 Å². The third kappa shape index (κ3) is 2.36. The summed E-state index contributed by atoms with van der Waals surface area (Å²) in [5.74, 6) is 1.38. The average Bonchev–Trinajstić information content (AvgIpc) is 2.28. The minimum Gasteiger partial charge on any atom is -0.487 e. The van der Waals surface area contributed by atoms with Crippen molar-refractivity contribution in [1.29, 1.82) is 5.26 Å². The molecule has 17 heavy (non-hydrogen) atoms. The van der Waals surface area contributed by atoms with Crippen molar-refractivity contribution >= 4 is 5.69 Å². The molecule has 3 nitrogen and oxygen atoms in total. The van der Waals surface area contributed by atoms with Crippen molar-refractivity contribution in [3.05, 3.63) is 23.8 Å². The molecule has 0 aromatic heterocycles. The second-order valence-corrected chi connectivity index (χ2v) is 4.85. The van der Waals surface area contributed by atoms with E-state index >= 15 is 0 Å². The summed E-state index contributed by atoms with van der Waals surface area (Å²) in [5.41, 5.74) is 2.33. The van der Waals surface area contributed by atoms with Crippen LogP contribution in [0.2, 0.25) is 0 Å². The number of ether oxygens (including phenoxy) is 1. The molecule has 0 saturated carbocycles. The number of hydrogen-bond acceptors (Lipinski definition) is 3. The summed E-state index contributed by atoms with van der Waals surface area (Å²) in [4.78, 5) is 2.09. The Kier molecular flexibility index (Phi) is 3.23. The molecule has 1 atom stereocenters. The summed E-state index contributed by atoms with van der Waals surface area (Å²) in [6, 6.07) is 8.48. The molecule has 0 amide bonds. The van der Waals surface area contributed by atoms with E-state index in [1.54, 1.807) is 0 Å². The van der Waals surface area contributed by atoms with E-state index < -0.39 is 0 Å². The minimum absolute atomic E-state index is 0.140. The van der Waals surface area contributed by atoms with Crippen LogP contribution < -0.4 is 9.64 Å². The highest BCUT2D eigenvalue weighted by atomic mass is 16.5. The van der Waals surface area contributed by atoms with E-state index in [2.05, 4.69) is 36.9 Å². The van der Waals surface area contributed by atoms with Crippen molar-refractivity contribution in [2.24, 2.45) is 0 Å². The molecule has 1 aromatic carbocycles. The lowest BCUT2D eigenvalue weighted by molar-refractivity contribution is 0.214. The maximum Gasteiger partial charge on any atom is 0.143 e. The molecular formula is C14H18N2O. The monoisotopic (exact) mass is 230 g/mol. The van der Waals surface area contributed by atoms with Crippen molar-refractivity contribution < 1.29 is 4.74 Å². The molecule has 0 radical (unpaired) electrons. The molecule has 2 rings (SSSR count). The first-order chi connectivity index (χ1) is 8.11. The Labute approximate surface area is 103 Å². The highest BCUT2D eigenvalue weighted by Crippen LogP contribution is 2.35. The predicted molar refractivity (Wildman–Crippen MR) is 68.4 cm³/mol. The highest BCUT2D eigenvalue weighted by Gasteiger charge is 2.23. The summed E-state index contributed by atoms with van der Waals surface area (Å²) in [5, 5.41) is 8.88. The zero-order chi connectivity index (χ0) is 12.4. The van der Waals surface area contributed by atoms with Crippen LogP contribution in [0.15, 0.2) is 18.2 Å². The molecule has 0 saturated heterocycles. The van der Waals surface area contributed by atoms with Gasteiger partial charge in [-0.05, 0) is 30.5 Å². The molecule has 1 aliphatic heterocycles. The van der Waals surface area contributed by atoms with Crippen LogP contribution in [0, 0.1) is 11.3 Å². The van der Waals surface area contributed by atoms with E-state index in [4.69, 9.17) is 10.00 Å². The third-order valence-electron chi connectivity index (χ3n) is 3.06. The highest BCUT2D eigenvalue weighted by molar-refractivity contribution is 5.62. The van der Waals surface area contributed by atoms with Gasteiger partial charge in [-0.3, -0.25) is 0 Å². The fourth-order valence-electron chi connectivity index (χ4n) is 2.14. The molecule has 0 aliphatic carbocycles. The molecule has 1 aliphatic rings. The molecule has 1 aromatic rings. The summed E-state index contributed by atoms with van der Waals surface area (Å²) in [6.07, 6.45) is 0.140. The molecule has 0 fully saturated rings. The van der Waals surface area contributed by atoms with Crippen molar-refractivity contribution in [2.75, 3.05) is 18.0 Å². The van der Waals surface area contributed by atoms with Gasteiger partial charge in [0.2, 0.25) is 0 Å². The normalized spacial score (nSPS) is 18.5. The fraction of sp³-hybridized carbons (Fsp3) is 0.500. The first-order valence-corrected chi connectivity index (χ1v) is 6.04. The largest absolute Gasteiger partial charge is 0.487 e. The number of anilines is 1. The Bertz CT molecular complexity index is 448. The van der Waals surface area contributed by atoms with Crippen molar-refractivity contribution in [2.45, 2.75) is 32.8 Å². The van der Waals surface area contributed by atoms with Crippen LogP contribution in [0.5, 0.6) is 5.75 Å². The Balaban J connectivity index is 2.39. The molecule has 1 heterocycles. The van der Waals surface area contributed by atoms with E-state index in [1.807, 2.05) is 13.0 Å². The lowest BCUT2D eigenvalue weighted by Gasteiger charge is -2.34. The Morgan fingerprint density at radius 2 is 2.29 bits per heavy atom. The molecular weight excluding hydrogens is 212 g/mol. The van der Waals surface area contributed by atoms with Crippen LogP contribution >= 0.6 is 0 Å². The van der Waals surface area contributed by atoms with Crippen LogP contribution in [0.4, 0.5) is 5.69 Å². The maximum atomic E-state index is 8.88. The number of fused-ring (bicyclic) bond motifs is 1. The molecule has 0 spiro atoms. The van der Waals surface area contributed by atoms with Gasteiger partial charge in [0, 0.05) is 0 Å². The van der Waals surface area contributed by atoms with Gasteiger partial charge in [0.25, 0.3) is 0 Å². The van der Waals surface area contributed by atoms with E-state index in [1.165, 1.54) is 5.56 Å². The Morgan fingerprint density at radius 1 is 1.53 bits per heavy atom. The summed E-state index contributed by atoms with van der Waals surface area (Å²) < 4.78 is 5.79. The lowest BCUT2D eigenvalue weighted by atomic mass is 10.0. The van der Waals surface area contributed by atoms with Gasteiger partial charge in [0.1, 0.15) is 18.4 Å². The zero-order valence-corrected chi connectivity index (χ0v) is 10.6. The summed E-state index contributed by atoms with van der Waals surface area (Å²) >= 11 is 0. The van der Waals surface area contributed by atoms with Gasteiger partial charge in [-0.15, -0.1) is 0 Å². The topological polar surface area (TPSA) is 36.3 Å². The average molecular weight is 230 g/mol. The van der Waals surface area contributed by atoms with Gasteiger partial charge in [-0.25, -0.2) is 0 Å². The van der Waals surface area contributed by atoms with Gasteiger partial charge in [0.15, 0.2) is 0 Å². The van der Waals surface area contributed by atoms with Gasteiger partial charge < -0.3 is 9.64 Å². The Hall–Kier alpha value is -1.69. The van der Waals surface area contributed by atoms with Crippen molar-refractivity contribution in [3.8, 4) is 11.8 Å². The van der Waals surface area contributed by atoms with E-state index in [0.29, 0.717) is 12.5 Å². The number of nitriles is 1. The maximum absolute atomic E-state index is 8.88. The quantitative estimate of drug-likeness (QED) is 0.733. The Morgan fingerprint density at radius 3 is 2.94 bits per heavy atom. The number of benzene rings is 1. The summed E-state index contributed by atoms with van der Waals surface area (Å²) in [7, 11) is 0. The SMILES string of the molecule is CC1CN(CC#N)c2cc(C(C)C)ccc2O1. The van der Waals surface area contributed by atoms with Crippen molar-refractivity contribution in [1.82, 2.24) is 0 Å². The van der Waals surface area contributed by atoms with E-state index in [0.717, 1.165) is 18.0 Å². The summed E-state index contributed by atoms with van der Waals surface area (Å²) in [6.45, 7) is 7.57.